The van der Waals surface area contributed by atoms with Crippen molar-refractivity contribution in [1.29, 1.82) is 0 Å². The molecular formula is C22H45NaO4S. The van der Waals surface area contributed by atoms with Gasteiger partial charge in [0.2, 0.25) is 0 Å². The van der Waals surface area contributed by atoms with Gasteiger partial charge in [-0.2, -0.15) is 0 Å². The van der Waals surface area contributed by atoms with E-state index in [9.17, 15) is 18.1 Å². The quantitative estimate of drug-likeness (QED) is 0.183. The van der Waals surface area contributed by atoms with Crippen LogP contribution in [0.1, 0.15) is 129 Å². The zero-order chi connectivity index (χ0) is 20.4. The van der Waals surface area contributed by atoms with E-state index >= 15 is 0 Å². The fraction of sp³-hybridized carbons (Fsp3) is 1.00. The minimum atomic E-state index is -4.18. The second kappa shape index (κ2) is 21.1. The fourth-order valence-corrected chi connectivity index (χ4v) is 4.55. The van der Waals surface area contributed by atoms with E-state index in [2.05, 4.69) is 13.8 Å². The molecule has 0 fully saturated rings. The Morgan fingerprint density at radius 1 is 0.643 bits per heavy atom. The van der Waals surface area contributed by atoms with Gasteiger partial charge < -0.3 is 9.66 Å². The number of hydrogen-bond acceptors (Lipinski definition) is 4. The molecule has 0 aromatic rings. The van der Waals surface area contributed by atoms with Crippen molar-refractivity contribution in [3.8, 4) is 0 Å². The summed E-state index contributed by atoms with van der Waals surface area (Å²) in [5.41, 5.74) is 0. The molecule has 0 aliphatic heterocycles. The molecule has 0 radical (unpaired) electrons. The van der Waals surface area contributed by atoms with E-state index in [-0.39, 0.29) is 35.7 Å². The van der Waals surface area contributed by atoms with Crippen molar-refractivity contribution in [2.24, 2.45) is 0 Å². The van der Waals surface area contributed by atoms with Gasteiger partial charge in [-0.15, -0.1) is 0 Å². The summed E-state index contributed by atoms with van der Waals surface area (Å²) in [6, 6.07) is 0. The molecule has 28 heavy (non-hydrogen) atoms. The van der Waals surface area contributed by atoms with E-state index in [4.69, 9.17) is 0 Å². The zero-order valence-corrected chi connectivity index (χ0v) is 21.8. The van der Waals surface area contributed by atoms with Gasteiger partial charge in [0.25, 0.3) is 0 Å². The van der Waals surface area contributed by atoms with Gasteiger partial charge in [0.05, 0.1) is 16.2 Å². The predicted molar refractivity (Wildman–Crippen MR) is 114 cm³/mol. The summed E-state index contributed by atoms with van der Waals surface area (Å²) in [5, 5.41) is 9.29. The molecule has 0 saturated heterocycles. The van der Waals surface area contributed by atoms with Gasteiger partial charge in [0.15, 0.2) is 0 Å². The van der Waals surface area contributed by atoms with Crippen LogP contribution < -0.4 is 29.6 Å². The molecule has 6 heteroatoms. The van der Waals surface area contributed by atoms with Gasteiger partial charge in [0.1, 0.15) is 0 Å². The monoisotopic (exact) mass is 428 g/mol. The molecule has 0 amide bonds. The molecule has 0 aromatic carbocycles. The smallest absolute Gasteiger partial charge is 0.748 e. The van der Waals surface area contributed by atoms with Gasteiger partial charge in [-0.1, -0.05) is 104 Å². The van der Waals surface area contributed by atoms with Crippen molar-refractivity contribution >= 4 is 10.1 Å². The van der Waals surface area contributed by atoms with E-state index < -0.39 is 15.4 Å². The largest absolute Gasteiger partial charge is 1.00 e. The third-order valence-corrected chi connectivity index (χ3v) is 6.78. The molecule has 0 heterocycles. The molecule has 0 bridgehead atoms. The maximum atomic E-state index is 11.5. The summed E-state index contributed by atoms with van der Waals surface area (Å²) in [7, 11) is -4.18. The number of hydrogen-bond donors (Lipinski definition) is 1. The van der Waals surface area contributed by atoms with Crippen molar-refractivity contribution in [2.75, 3.05) is 0 Å². The van der Waals surface area contributed by atoms with Crippen molar-refractivity contribution in [3.63, 3.8) is 0 Å². The second-order valence-corrected chi connectivity index (χ2v) is 9.82. The first kappa shape index (κ1) is 31.1. The topological polar surface area (TPSA) is 77.4 Å². The first-order valence-corrected chi connectivity index (χ1v) is 13.0. The van der Waals surface area contributed by atoms with Gasteiger partial charge in [-0.3, -0.25) is 0 Å². The standard InChI is InChI=1S/C22H46O4S.Na/c1-3-5-7-9-11-15-19-22(27(24,25)26)20-16-12-14-18-21(23)17-13-10-8-6-4-2;/h21-23H,3-20H2,1-2H3,(H,24,25,26);/q;+1/p-1. The fourth-order valence-electron chi connectivity index (χ4n) is 3.64. The van der Waals surface area contributed by atoms with Crippen LogP contribution in [0.2, 0.25) is 0 Å². The summed E-state index contributed by atoms with van der Waals surface area (Å²) in [6.07, 6.45) is 17.7. The molecule has 0 spiro atoms. The third kappa shape index (κ3) is 20.2. The average molecular weight is 429 g/mol. The van der Waals surface area contributed by atoms with Crippen molar-refractivity contribution in [1.82, 2.24) is 0 Å². The molecule has 0 rings (SSSR count). The Morgan fingerprint density at radius 3 is 1.36 bits per heavy atom. The average Bonchev–Trinajstić information content (AvgIpc) is 2.61. The Morgan fingerprint density at radius 2 is 0.964 bits per heavy atom. The van der Waals surface area contributed by atoms with E-state index in [0.29, 0.717) is 12.8 Å². The second-order valence-electron chi connectivity index (χ2n) is 8.17. The molecule has 0 saturated carbocycles. The molecule has 1 N–H and O–H groups in total. The Labute approximate surface area is 197 Å². The van der Waals surface area contributed by atoms with Gasteiger partial charge in [0, 0.05) is 5.25 Å². The molecule has 0 aliphatic carbocycles. The van der Waals surface area contributed by atoms with Crippen molar-refractivity contribution in [2.45, 2.75) is 141 Å². The Kier molecular flexibility index (Phi) is 23.4. The minimum absolute atomic E-state index is 0. The Bertz CT molecular complexity index is 415. The number of unbranched alkanes of at least 4 members (excludes halogenated alkanes) is 11. The summed E-state index contributed by atoms with van der Waals surface area (Å²) in [6.45, 7) is 4.37. The Hall–Kier alpha value is 0.870. The van der Waals surface area contributed by atoms with Crippen LogP contribution >= 0.6 is 0 Å². The predicted octanol–water partition coefficient (Wildman–Crippen LogP) is 3.33. The molecule has 164 valence electrons. The molecule has 2 atom stereocenters. The normalized spacial score (nSPS) is 13.9. The van der Waals surface area contributed by atoms with Crippen LogP contribution in [0.4, 0.5) is 0 Å². The van der Waals surface area contributed by atoms with Crippen molar-refractivity contribution < 1.29 is 47.6 Å². The molecular weight excluding hydrogens is 383 g/mol. The van der Waals surface area contributed by atoms with E-state index in [1.54, 1.807) is 0 Å². The van der Waals surface area contributed by atoms with Crippen LogP contribution in [0.5, 0.6) is 0 Å². The van der Waals surface area contributed by atoms with Crippen LogP contribution in [-0.2, 0) is 10.1 Å². The first-order valence-electron chi connectivity index (χ1n) is 11.5. The van der Waals surface area contributed by atoms with Crippen LogP contribution in [0.15, 0.2) is 0 Å². The maximum Gasteiger partial charge on any atom is 1.00 e. The van der Waals surface area contributed by atoms with E-state index in [1.165, 1.54) is 44.9 Å². The van der Waals surface area contributed by atoms with Crippen LogP contribution in [0.3, 0.4) is 0 Å². The Balaban J connectivity index is 0. The summed E-state index contributed by atoms with van der Waals surface area (Å²) in [4.78, 5) is 0. The molecule has 0 aliphatic rings. The summed E-state index contributed by atoms with van der Waals surface area (Å²) >= 11 is 0. The van der Waals surface area contributed by atoms with Crippen LogP contribution in [0.25, 0.3) is 0 Å². The van der Waals surface area contributed by atoms with Gasteiger partial charge in [-0.25, -0.2) is 8.42 Å². The molecule has 0 aromatic heterocycles. The number of aliphatic hydroxyl groups is 1. The zero-order valence-electron chi connectivity index (χ0n) is 19.0. The van der Waals surface area contributed by atoms with E-state index in [0.717, 1.165) is 57.8 Å². The van der Waals surface area contributed by atoms with E-state index in [1.807, 2.05) is 0 Å². The molecule has 4 nitrogen and oxygen atoms in total. The first-order chi connectivity index (χ1) is 12.9. The SMILES string of the molecule is CCCCCCCCC(CCCCCC(O)CCCCCCC)S(=O)(=O)[O-].[Na+]. The molecule has 2 unspecified atom stereocenters. The van der Waals surface area contributed by atoms with Gasteiger partial charge in [-0.05, 0) is 25.7 Å². The van der Waals surface area contributed by atoms with Gasteiger partial charge >= 0.3 is 29.6 Å². The summed E-state index contributed by atoms with van der Waals surface area (Å²) in [5.74, 6) is 0. The van der Waals surface area contributed by atoms with Crippen LogP contribution in [-0.4, -0.2) is 29.4 Å². The maximum absolute atomic E-state index is 11.5. The van der Waals surface area contributed by atoms with Crippen molar-refractivity contribution in [3.05, 3.63) is 0 Å². The third-order valence-electron chi connectivity index (χ3n) is 5.49. The number of aliphatic hydroxyl groups excluding tert-OH is 1. The number of rotatable bonds is 20. The summed E-state index contributed by atoms with van der Waals surface area (Å²) < 4.78 is 34.4. The van der Waals surface area contributed by atoms with Crippen LogP contribution in [0, 0.1) is 0 Å². The minimum Gasteiger partial charge on any atom is -0.748 e.